The molecule has 2 aliphatic heterocycles. The Morgan fingerprint density at radius 1 is 1.31 bits per heavy atom. The van der Waals surface area contributed by atoms with Gasteiger partial charge in [-0.05, 0) is 38.8 Å². The van der Waals surface area contributed by atoms with Gasteiger partial charge in [0.15, 0.2) is 0 Å². The number of nitrogens with zero attached hydrogens (tertiary/aromatic N) is 1. The number of nitrogens with one attached hydrogen (secondary N) is 1. The number of likely N-dealkylation sites (N-methyl/N-ethyl adjacent to an activating group) is 1. The highest BCUT2D eigenvalue weighted by Crippen LogP contribution is 2.20. The smallest absolute Gasteiger partial charge is 0.0702 e. The lowest BCUT2D eigenvalue weighted by Gasteiger charge is -2.33. The van der Waals surface area contributed by atoms with E-state index in [4.69, 9.17) is 4.74 Å². The summed E-state index contributed by atoms with van der Waals surface area (Å²) < 4.78 is 5.81. The molecule has 2 saturated heterocycles. The van der Waals surface area contributed by atoms with E-state index in [1.807, 2.05) is 0 Å². The van der Waals surface area contributed by atoms with Gasteiger partial charge < -0.3 is 10.1 Å². The van der Waals surface area contributed by atoms with E-state index < -0.39 is 0 Å². The molecule has 0 radical (unpaired) electrons. The molecule has 0 aromatic heterocycles. The second-order valence-corrected chi connectivity index (χ2v) is 5.32. The molecule has 2 aliphatic rings. The summed E-state index contributed by atoms with van der Waals surface area (Å²) in [6, 6.07) is 0.718. The van der Waals surface area contributed by atoms with Crippen molar-refractivity contribution < 1.29 is 4.74 Å². The Kier molecular flexibility index (Phi) is 4.62. The summed E-state index contributed by atoms with van der Waals surface area (Å²) in [6.45, 7) is 6.73. The van der Waals surface area contributed by atoms with Crippen LogP contribution in [0, 0.1) is 5.92 Å². The van der Waals surface area contributed by atoms with Crippen molar-refractivity contribution in [1.82, 2.24) is 10.2 Å². The van der Waals surface area contributed by atoms with Crippen LogP contribution in [0.2, 0.25) is 0 Å². The Morgan fingerprint density at radius 3 is 2.88 bits per heavy atom. The average molecular weight is 226 g/mol. The predicted molar refractivity (Wildman–Crippen MR) is 66.7 cm³/mol. The zero-order valence-electron chi connectivity index (χ0n) is 10.7. The summed E-state index contributed by atoms with van der Waals surface area (Å²) in [6.07, 6.45) is 5.62. The maximum absolute atomic E-state index is 5.81. The number of hydrogen-bond acceptors (Lipinski definition) is 3. The molecule has 16 heavy (non-hydrogen) atoms. The van der Waals surface area contributed by atoms with Gasteiger partial charge in [0.05, 0.1) is 6.10 Å². The molecule has 2 fully saturated rings. The van der Waals surface area contributed by atoms with Crippen LogP contribution in [0.5, 0.6) is 0 Å². The zero-order valence-corrected chi connectivity index (χ0v) is 10.7. The fraction of sp³-hybridized carbons (Fsp3) is 1.00. The second-order valence-electron chi connectivity index (χ2n) is 5.32. The van der Waals surface area contributed by atoms with Gasteiger partial charge in [-0.2, -0.15) is 0 Å². The molecular formula is C13H26N2O. The monoisotopic (exact) mass is 226 g/mol. The molecule has 2 rings (SSSR count). The van der Waals surface area contributed by atoms with Crippen molar-refractivity contribution in [2.75, 3.05) is 33.3 Å². The summed E-state index contributed by atoms with van der Waals surface area (Å²) in [5.74, 6) is 0.827. The van der Waals surface area contributed by atoms with E-state index in [-0.39, 0.29) is 0 Å². The SMILES string of the molecule is CCC1CNCC1N(C)CC1CCCCO1. The molecule has 1 N–H and O–H groups in total. The Morgan fingerprint density at radius 2 is 2.19 bits per heavy atom. The van der Waals surface area contributed by atoms with E-state index in [2.05, 4.69) is 24.2 Å². The summed E-state index contributed by atoms with van der Waals surface area (Å²) in [5.41, 5.74) is 0. The molecule has 3 atom stereocenters. The first-order valence-corrected chi connectivity index (χ1v) is 6.83. The summed E-state index contributed by atoms with van der Waals surface area (Å²) in [4.78, 5) is 2.52. The van der Waals surface area contributed by atoms with Crippen LogP contribution in [0.1, 0.15) is 32.6 Å². The van der Waals surface area contributed by atoms with Gasteiger partial charge in [-0.1, -0.05) is 13.3 Å². The highest BCUT2D eigenvalue weighted by atomic mass is 16.5. The van der Waals surface area contributed by atoms with Crippen molar-refractivity contribution in [3.05, 3.63) is 0 Å². The van der Waals surface area contributed by atoms with Crippen LogP contribution in [0.4, 0.5) is 0 Å². The van der Waals surface area contributed by atoms with Crippen LogP contribution in [0.15, 0.2) is 0 Å². The van der Waals surface area contributed by atoms with E-state index in [0.29, 0.717) is 6.10 Å². The van der Waals surface area contributed by atoms with Crippen LogP contribution in [0.25, 0.3) is 0 Å². The minimum atomic E-state index is 0.483. The molecule has 0 saturated carbocycles. The predicted octanol–water partition coefficient (Wildman–Crippen LogP) is 1.49. The minimum Gasteiger partial charge on any atom is -0.377 e. The van der Waals surface area contributed by atoms with Crippen LogP contribution in [-0.2, 0) is 4.74 Å². The van der Waals surface area contributed by atoms with Crippen LogP contribution in [0.3, 0.4) is 0 Å². The van der Waals surface area contributed by atoms with E-state index in [1.54, 1.807) is 0 Å². The third kappa shape index (κ3) is 2.96. The van der Waals surface area contributed by atoms with Gasteiger partial charge >= 0.3 is 0 Å². The Balaban J connectivity index is 1.79. The molecule has 0 aromatic carbocycles. The van der Waals surface area contributed by atoms with Crippen molar-refractivity contribution in [2.24, 2.45) is 5.92 Å². The first-order chi connectivity index (χ1) is 7.81. The first kappa shape index (κ1) is 12.3. The van der Waals surface area contributed by atoms with Gasteiger partial charge in [0.1, 0.15) is 0 Å². The molecule has 94 valence electrons. The van der Waals surface area contributed by atoms with E-state index in [9.17, 15) is 0 Å². The third-order valence-corrected chi connectivity index (χ3v) is 4.16. The first-order valence-electron chi connectivity index (χ1n) is 6.83. The molecule has 3 heteroatoms. The lowest BCUT2D eigenvalue weighted by molar-refractivity contribution is -0.00986. The molecule has 0 bridgehead atoms. The Hall–Kier alpha value is -0.120. The normalized spacial score (nSPS) is 35.8. The van der Waals surface area contributed by atoms with Gasteiger partial charge in [0.2, 0.25) is 0 Å². The fourth-order valence-corrected chi connectivity index (χ4v) is 3.06. The van der Waals surface area contributed by atoms with Crippen LogP contribution in [-0.4, -0.2) is 50.3 Å². The Bertz CT molecular complexity index is 204. The van der Waals surface area contributed by atoms with Gasteiger partial charge in [0, 0.05) is 25.7 Å². The lowest BCUT2D eigenvalue weighted by Crippen LogP contribution is -2.43. The minimum absolute atomic E-state index is 0.483. The van der Waals surface area contributed by atoms with Gasteiger partial charge in [-0.15, -0.1) is 0 Å². The highest BCUT2D eigenvalue weighted by Gasteiger charge is 2.30. The fourth-order valence-electron chi connectivity index (χ4n) is 3.06. The molecule has 0 amide bonds. The maximum Gasteiger partial charge on any atom is 0.0702 e. The van der Waals surface area contributed by atoms with Crippen molar-refractivity contribution in [2.45, 2.75) is 44.8 Å². The topological polar surface area (TPSA) is 24.5 Å². The summed E-state index contributed by atoms with van der Waals surface area (Å²) in [5, 5.41) is 3.51. The van der Waals surface area contributed by atoms with Crippen LogP contribution >= 0.6 is 0 Å². The van der Waals surface area contributed by atoms with Gasteiger partial charge in [-0.25, -0.2) is 0 Å². The molecule has 0 aliphatic carbocycles. The van der Waals surface area contributed by atoms with Crippen molar-refractivity contribution in [1.29, 1.82) is 0 Å². The van der Waals surface area contributed by atoms with Gasteiger partial charge in [-0.3, -0.25) is 4.90 Å². The molecule has 0 spiro atoms. The molecule has 0 aromatic rings. The average Bonchev–Trinajstić information content (AvgIpc) is 2.78. The highest BCUT2D eigenvalue weighted by molar-refractivity contribution is 4.87. The van der Waals surface area contributed by atoms with E-state index in [1.165, 1.54) is 32.2 Å². The molecule has 3 nitrogen and oxygen atoms in total. The third-order valence-electron chi connectivity index (χ3n) is 4.16. The standard InChI is InChI=1S/C13H26N2O/c1-3-11-8-14-9-13(11)15(2)10-12-6-4-5-7-16-12/h11-14H,3-10H2,1-2H3. The number of hydrogen-bond donors (Lipinski definition) is 1. The Labute approximate surface area is 99.5 Å². The largest absolute Gasteiger partial charge is 0.377 e. The van der Waals surface area contributed by atoms with Crippen molar-refractivity contribution in [3.8, 4) is 0 Å². The molecular weight excluding hydrogens is 200 g/mol. The maximum atomic E-state index is 5.81. The molecule has 3 unspecified atom stereocenters. The summed E-state index contributed by atoms with van der Waals surface area (Å²) >= 11 is 0. The van der Waals surface area contributed by atoms with Crippen LogP contribution < -0.4 is 5.32 Å². The summed E-state index contributed by atoms with van der Waals surface area (Å²) in [7, 11) is 2.26. The lowest BCUT2D eigenvalue weighted by atomic mass is 9.99. The van der Waals surface area contributed by atoms with E-state index >= 15 is 0 Å². The number of ether oxygens (including phenoxy) is 1. The number of rotatable bonds is 4. The van der Waals surface area contributed by atoms with Gasteiger partial charge in [0.25, 0.3) is 0 Å². The van der Waals surface area contributed by atoms with E-state index in [0.717, 1.165) is 31.7 Å². The molecule has 2 heterocycles. The van der Waals surface area contributed by atoms with Crippen molar-refractivity contribution >= 4 is 0 Å². The zero-order chi connectivity index (χ0) is 11.4. The second kappa shape index (κ2) is 5.99. The quantitative estimate of drug-likeness (QED) is 0.786. The van der Waals surface area contributed by atoms with Crippen molar-refractivity contribution in [3.63, 3.8) is 0 Å².